The molecule has 0 radical (unpaired) electrons. The van der Waals surface area contributed by atoms with E-state index in [9.17, 15) is 0 Å². The summed E-state index contributed by atoms with van der Waals surface area (Å²) in [6, 6.07) is 4.36. The zero-order valence-electron chi connectivity index (χ0n) is 6.67. The molecule has 62 valence electrons. The van der Waals surface area contributed by atoms with Crippen molar-refractivity contribution in [3.63, 3.8) is 0 Å². The van der Waals surface area contributed by atoms with Gasteiger partial charge in [0.15, 0.2) is 0 Å². The monoisotopic (exact) mass is 187 g/mol. The van der Waals surface area contributed by atoms with E-state index < -0.39 is 0 Å². The van der Waals surface area contributed by atoms with Crippen LogP contribution in [0.4, 0.5) is 0 Å². The molecule has 0 unspecified atom stereocenters. The quantitative estimate of drug-likeness (QED) is 0.732. The van der Waals surface area contributed by atoms with Crippen LogP contribution in [0.1, 0.15) is 11.8 Å². The molecule has 0 spiro atoms. The van der Waals surface area contributed by atoms with Gasteiger partial charge < -0.3 is 5.73 Å². The van der Waals surface area contributed by atoms with Gasteiger partial charge in [0.1, 0.15) is 0 Å². The molecule has 0 fully saturated rings. The predicted molar refractivity (Wildman–Crippen MR) is 53.5 cm³/mol. The second kappa shape index (κ2) is 4.80. The molecule has 0 saturated carbocycles. The molecule has 0 atom stereocenters. The van der Waals surface area contributed by atoms with E-state index in [2.05, 4.69) is 19.1 Å². The highest BCUT2D eigenvalue weighted by Gasteiger charge is 1.97. The molecule has 2 N–H and O–H groups in total. The molecule has 0 aliphatic carbocycles. The van der Waals surface area contributed by atoms with Crippen molar-refractivity contribution in [3.8, 4) is 0 Å². The van der Waals surface area contributed by atoms with Gasteiger partial charge in [-0.1, -0.05) is 6.92 Å². The Morgan fingerprint density at radius 2 is 2.36 bits per heavy atom. The zero-order chi connectivity index (χ0) is 8.10. The topological polar surface area (TPSA) is 26.0 Å². The number of thioether (sulfide) groups is 1. The number of nitrogens with two attached hydrogens (primary N) is 1. The molecule has 0 aliphatic heterocycles. The van der Waals surface area contributed by atoms with E-state index in [4.69, 9.17) is 5.73 Å². The third kappa shape index (κ3) is 2.85. The van der Waals surface area contributed by atoms with Gasteiger partial charge in [0, 0.05) is 4.88 Å². The van der Waals surface area contributed by atoms with E-state index in [1.165, 1.54) is 9.09 Å². The summed E-state index contributed by atoms with van der Waals surface area (Å²) in [4.78, 5) is 1.41. The van der Waals surface area contributed by atoms with Crippen LogP contribution in [0.25, 0.3) is 0 Å². The van der Waals surface area contributed by atoms with Gasteiger partial charge in [-0.25, -0.2) is 0 Å². The second-order valence-electron chi connectivity index (χ2n) is 2.19. The molecule has 0 amide bonds. The van der Waals surface area contributed by atoms with Gasteiger partial charge in [0.2, 0.25) is 0 Å². The van der Waals surface area contributed by atoms with Crippen molar-refractivity contribution in [1.29, 1.82) is 0 Å². The summed E-state index contributed by atoms with van der Waals surface area (Å²) in [7, 11) is 0. The maximum atomic E-state index is 5.44. The van der Waals surface area contributed by atoms with Crippen molar-refractivity contribution in [2.24, 2.45) is 5.73 Å². The summed E-state index contributed by atoms with van der Waals surface area (Å²) in [5.41, 5.74) is 5.44. The lowest BCUT2D eigenvalue weighted by Gasteiger charge is -1.90. The van der Waals surface area contributed by atoms with Crippen molar-refractivity contribution in [2.75, 3.05) is 12.3 Å². The average molecular weight is 187 g/mol. The summed E-state index contributed by atoms with van der Waals surface area (Å²) in [5.74, 6) is 1.16. The Labute approximate surface area is 76.0 Å². The molecule has 0 aliphatic rings. The Bertz CT molecular complexity index is 187. The first-order chi connectivity index (χ1) is 5.36. The highest BCUT2D eigenvalue weighted by molar-refractivity contribution is 8.01. The Hall–Kier alpha value is 0.01000. The zero-order valence-corrected chi connectivity index (χ0v) is 8.30. The maximum absolute atomic E-state index is 5.44. The molecular weight excluding hydrogens is 174 g/mol. The molecule has 1 heterocycles. The van der Waals surface area contributed by atoms with Crippen molar-refractivity contribution in [1.82, 2.24) is 0 Å². The standard InChI is InChI=1S/C8H13NS2/c1-2-10-8-4-3-7(11-8)5-6-9/h3-4H,2,5-6,9H2,1H3. The predicted octanol–water partition coefficient (Wildman–Crippen LogP) is 2.36. The molecule has 1 nitrogen and oxygen atoms in total. The Morgan fingerprint density at radius 3 is 3.00 bits per heavy atom. The smallest absolute Gasteiger partial charge is 0.0601 e. The van der Waals surface area contributed by atoms with E-state index in [1.54, 1.807) is 0 Å². The largest absolute Gasteiger partial charge is 0.330 e. The van der Waals surface area contributed by atoms with Crippen LogP contribution in [0.2, 0.25) is 0 Å². The van der Waals surface area contributed by atoms with E-state index in [-0.39, 0.29) is 0 Å². The lowest BCUT2D eigenvalue weighted by Crippen LogP contribution is -2.00. The summed E-state index contributed by atoms with van der Waals surface area (Å²) in [6.45, 7) is 2.93. The minimum absolute atomic E-state index is 0.761. The summed E-state index contributed by atoms with van der Waals surface area (Å²) in [5, 5.41) is 0. The first-order valence-electron chi connectivity index (χ1n) is 3.78. The van der Waals surface area contributed by atoms with Crippen molar-refractivity contribution >= 4 is 23.1 Å². The van der Waals surface area contributed by atoms with Gasteiger partial charge in [-0.05, 0) is 30.9 Å². The maximum Gasteiger partial charge on any atom is 0.0601 e. The van der Waals surface area contributed by atoms with Gasteiger partial charge in [-0.2, -0.15) is 0 Å². The molecule has 0 saturated heterocycles. The van der Waals surface area contributed by atoms with Crippen LogP contribution in [0.15, 0.2) is 16.3 Å². The van der Waals surface area contributed by atoms with Crippen LogP contribution in [0.3, 0.4) is 0 Å². The molecule has 0 bridgehead atoms. The number of thiophene rings is 1. The van der Waals surface area contributed by atoms with E-state index in [0.29, 0.717) is 0 Å². The van der Waals surface area contributed by atoms with Crippen LogP contribution >= 0.6 is 23.1 Å². The summed E-state index contributed by atoms with van der Waals surface area (Å²) >= 11 is 3.76. The normalized spacial score (nSPS) is 10.4. The molecule has 0 aromatic carbocycles. The molecule has 1 aromatic rings. The minimum atomic E-state index is 0.761. The third-order valence-electron chi connectivity index (χ3n) is 1.31. The van der Waals surface area contributed by atoms with E-state index >= 15 is 0 Å². The van der Waals surface area contributed by atoms with E-state index in [0.717, 1.165) is 18.7 Å². The first-order valence-corrected chi connectivity index (χ1v) is 5.58. The van der Waals surface area contributed by atoms with Crippen molar-refractivity contribution in [2.45, 2.75) is 17.6 Å². The fourth-order valence-electron chi connectivity index (χ4n) is 0.855. The number of rotatable bonds is 4. The Kier molecular flexibility index (Phi) is 3.97. The third-order valence-corrected chi connectivity index (χ3v) is 3.57. The van der Waals surface area contributed by atoms with Gasteiger partial charge in [-0.15, -0.1) is 23.1 Å². The molecular formula is C8H13NS2. The number of hydrogen-bond donors (Lipinski definition) is 1. The van der Waals surface area contributed by atoms with Gasteiger partial charge in [-0.3, -0.25) is 0 Å². The minimum Gasteiger partial charge on any atom is -0.330 e. The summed E-state index contributed by atoms with van der Waals surface area (Å²) < 4.78 is 1.41. The Morgan fingerprint density at radius 1 is 1.55 bits per heavy atom. The van der Waals surface area contributed by atoms with E-state index in [1.807, 2.05) is 23.1 Å². The number of hydrogen-bond acceptors (Lipinski definition) is 3. The molecule has 11 heavy (non-hydrogen) atoms. The molecule has 3 heteroatoms. The first kappa shape index (κ1) is 9.10. The highest BCUT2D eigenvalue weighted by atomic mass is 32.2. The summed E-state index contributed by atoms with van der Waals surface area (Å²) in [6.07, 6.45) is 1.02. The average Bonchev–Trinajstić information content (AvgIpc) is 2.38. The molecule has 1 rings (SSSR count). The van der Waals surface area contributed by atoms with Gasteiger partial charge in [0.05, 0.1) is 4.21 Å². The fourth-order valence-corrected chi connectivity index (χ4v) is 2.96. The lowest BCUT2D eigenvalue weighted by molar-refractivity contribution is 0.989. The lowest BCUT2D eigenvalue weighted by atomic mass is 10.3. The van der Waals surface area contributed by atoms with Crippen LogP contribution in [-0.2, 0) is 6.42 Å². The SMILES string of the molecule is CCSc1ccc(CCN)s1. The highest BCUT2D eigenvalue weighted by Crippen LogP contribution is 2.26. The van der Waals surface area contributed by atoms with Crippen LogP contribution in [-0.4, -0.2) is 12.3 Å². The van der Waals surface area contributed by atoms with Crippen LogP contribution in [0, 0.1) is 0 Å². The van der Waals surface area contributed by atoms with Crippen molar-refractivity contribution in [3.05, 3.63) is 17.0 Å². The van der Waals surface area contributed by atoms with Gasteiger partial charge >= 0.3 is 0 Å². The Balaban J connectivity index is 2.51. The molecule has 1 aromatic heterocycles. The second-order valence-corrected chi connectivity index (χ2v) is 4.93. The fraction of sp³-hybridized carbons (Fsp3) is 0.500. The van der Waals surface area contributed by atoms with Crippen LogP contribution in [0.5, 0.6) is 0 Å². The van der Waals surface area contributed by atoms with Gasteiger partial charge in [0.25, 0.3) is 0 Å². The van der Waals surface area contributed by atoms with Crippen molar-refractivity contribution < 1.29 is 0 Å². The van der Waals surface area contributed by atoms with Crippen LogP contribution < -0.4 is 5.73 Å².